The van der Waals surface area contributed by atoms with Gasteiger partial charge in [-0.2, -0.15) is 0 Å². The minimum atomic E-state index is -0.634. The van der Waals surface area contributed by atoms with Gasteiger partial charge in [-0.3, -0.25) is 0 Å². The van der Waals surface area contributed by atoms with E-state index in [2.05, 4.69) is 63.7 Å². The van der Waals surface area contributed by atoms with Crippen molar-refractivity contribution >= 4 is 86.4 Å². The number of cyclic esters (lactones) is 2. The number of hydrogen-bond donors (Lipinski definition) is 0. The van der Waals surface area contributed by atoms with Crippen LogP contribution in [0.25, 0.3) is 10.8 Å². The lowest BCUT2D eigenvalue weighted by Gasteiger charge is -2.19. The van der Waals surface area contributed by atoms with E-state index >= 15 is 0 Å². The first kappa shape index (κ1) is 13.7. The molecular weight excluding hydrogens is 512 g/mol. The van der Waals surface area contributed by atoms with Crippen LogP contribution >= 0.6 is 63.7 Å². The average Bonchev–Trinajstić information content (AvgIpc) is 2.35. The molecule has 3 rings (SSSR count). The molecule has 96 valence electrons. The number of halogens is 4. The fourth-order valence-corrected chi connectivity index (χ4v) is 4.15. The molecule has 0 bridgehead atoms. The molecule has 1 aliphatic heterocycles. The molecule has 0 saturated heterocycles. The van der Waals surface area contributed by atoms with Crippen LogP contribution in [0.2, 0.25) is 0 Å². The van der Waals surface area contributed by atoms with Crippen molar-refractivity contribution in [1.29, 1.82) is 0 Å². The summed E-state index contributed by atoms with van der Waals surface area (Å²) in [5, 5.41) is 1.34. The Bertz CT molecular complexity index is 722. The summed E-state index contributed by atoms with van der Waals surface area (Å²) in [5.41, 5.74) is 0.737. The maximum atomic E-state index is 11.8. The molecule has 0 atom stereocenters. The second-order valence-corrected chi connectivity index (χ2v) is 7.16. The maximum Gasteiger partial charge on any atom is 0.346 e. The summed E-state index contributed by atoms with van der Waals surface area (Å²) in [6.45, 7) is 0. The van der Waals surface area contributed by atoms with Gasteiger partial charge < -0.3 is 4.74 Å². The number of carbonyl (C=O) groups excluding carboxylic acids is 2. The molecule has 1 aliphatic rings. The predicted molar refractivity (Wildman–Crippen MR) is 84.5 cm³/mol. The monoisotopic (exact) mass is 510 g/mol. The van der Waals surface area contributed by atoms with Gasteiger partial charge in [-0.05, 0) is 75.9 Å². The van der Waals surface area contributed by atoms with Crippen molar-refractivity contribution in [2.75, 3.05) is 0 Å². The topological polar surface area (TPSA) is 43.4 Å². The zero-order chi connectivity index (χ0) is 13.9. The van der Waals surface area contributed by atoms with Gasteiger partial charge in [-0.1, -0.05) is 0 Å². The summed E-state index contributed by atoms with van der Waals surface area (Å²) < 4.78 is 7.70. The van der Waals surface area contributed by atoms with Crippen molar-refractivity contribution in [3.05, 3.63) is 41.2 Å². The second kappa shape index (κ2) is 4.65. The van der Waals surface area contributed by atoms with Crippen LogP contribution in [-0.4, -0.2) is 11.9 Å². The van der Waals surface area contributed by atoms with Crippen LogP contribution in [-0.2, 0) is 4.74 Å². The summed E-state index contributed by atoms with van der Waals surface area (Å²) in [5.74, 6) is -1.27. The molecule has 0 radical (unpaired) electrons. The first-order valence-corrected chi connectivity index (χ1v) is 8.15. The minimum absolute atomic E-state index is 0.368. The Kier molecular flexibility index (Phi) is 3.36. The van der Waals surface area contributed by atoms with E-state index in [-0.39, 0.29) is 0 Å². The van der Waals surface area contributed by atoms with E-state index in [1.807, 2.05) is 0 Å². The van der Waals surface area contributed by atoms with Crippen LogP contribution in [0.4, 0.5) is 0 Å². The van der Waals surface area contributed by atoms with Crippen LogP contribution in [0.1, 0.15) is 20.7 Å². The van der Waals surface area contributed by atoms with Crippen LogP contribution in [0.15, 0.2) is 30.0 Å². The highest BCUT2D eigenvalue weighted by atomic mass is 79.9. The first-order chi connectivity index (χ1) is 8.91. The SMILES string of the molecule is O=C1OC(=O)c2cc(Br)c(Br)c3c(Br)c(Br)cc1c23. The van der Waals surface area contributed by atoms with Crippen LogP contribution in [0.3, 0.4) is 0 Å². The van der Waals surface area contributed by atoms with Gasteiger partial charge in [-0.25, -0.2) is 9.59 Å². The fourth-order valence-electron chi connectivity index (χ4n) is 2.01. The molecule has 0 N–H and O–H groups in total. The summed E-state index contributed by atoms with van der Waals surface area (Å²) in [4.78, 5) is 23.7. The maximum absolute atomic E-state index is 11.8. The second-order valence-electron chi connectivity index (χ2n) is 3.87. The van der Waals surface area contributed by atoms with Gasteiger partial charge >= 0.3 is 11.9 Å². The van der Waals surface area contributed by atoms with Crippen molar-refractivity contribution in [1.82, 2.24) is 0 Å². The third-order valence-corrected chi connectivity index (χ3v) is 6.78. The Morgan fingerprint density at radius 1 is 0.737 bits per heavy atom. The lowest BCUT2D eigenvalue weighted by Crippen LogP contribution is -2.20. The number of esters is 2. The molecule has 0 unspecified atom stereocenters. The lowest BCUT2D eigenvalue weighted by molar-refractivity contribution is 0.0391. The number of ether oxygens (including phenoxy) is 1. The number of benzene rings is 2. The van der Waals surface area contributed by atoms with Gasteiger partial charge in [0.15, 0.2) is 0 Å². The Morgan fingerprint density at radius 3 is 1.58 bits per heavy atom. The minimum Gasteiger partial charge on any atom is -0.386 e. The summed E-state index contributed by atoms with van der Waals surface area (Å²) in [6, 6.07) is 3.29. The molecule has 0 amide bonds. The molecule has 19 heavy (non-hydrogen) atoms. The highest BCUT2D eigenvalue weighted by Gasteiger charge is 2.30. The number of rotatable bonds is 0. The molecular formula is C12H2Br4O3. The lowest BCUT2D eigenvalue weighted by atomic mass is 9.97. The third-order valence-electron chi connectivity index (χ3n) is 2.81. The summed E-state index contributed by atoms with van der Waals surface area (Å²) in [6.07, 6.45) is 0. The van der Waals surface area contributed by atoms with Gasteiger partial charge in [-0.15, -0.1) is 0 Å². The molecule has 0 aromatic heterocycles. The number of hydrogen-bond acceptors (Lipinski definition) is 3. The van der Waals surface area contributed by atoms with Crippen molar-refractivity contribution in [2.45, 2.75) is 0 Å². The molecule has 0 saturated carbocycles. The molecule has 1 heterocycles. The van der Waals surface area contributed by atoms with Gasteiger partial charge in [0.05, 0.1) is 11.1 Å². The molecule has 0 aliphatic carbocycles. The Labute approximate surface area is 141 Å². The van der Waals surface area contributed by atoms with E-state index in [0.717, 1.165) is 14.3 Å². The van der Waals surface area contributed by atoms with Crippen molar-refractivity contribution in [3.8, 4) is 0 Å². The number of carbonyl (C=O) groups is 2. The predicted octanol–water partition coefficient (Wildman–Crippen LogP) is 5.20. The zero-order valence-electron chi connectivity index (χ0n) is 8.89. The van der Waals surface area contributed by atoms with E-state index in [1.165, 1.54) is 0 Å². The van der Waals surface area contributed by atoms with Crippen LogP contribution in [0.5, 0.6) is 0 Å². The molecule has 2 aromatic rings. The van der Waals surface area contributed by atoms with Crippen molar-refractivity contribution in [2.24, 2.45) is 0 Å². The van der Waals surface area contributed by atoms with E-state index in [9.17, 15) is 9.59 Å². The zero-order valence-corrected chi connectivity index (χ0v) is 15.2. The highest BCUT2D eigenvalue weighted by molar-refractivity contribution is 9.13. The van der Waals surface area contributed by atoms with Gasteiger partial charge in [0, 0.05) is 28.7 Å². The van der Waals surface area contributed by atoms with E-state index in [1.54, 1.807) is 12.1 Å². The Morgan fingerprint density at radius 2 is 1.16 bits per heavy atom. The largest absolute Gasteiger partial charge is 0.386 e. The highest BCUT2D eigenvalue weighted by Crippen LogP contribution is 2.44. The molecule has 3 nitrogen and oxygen atoms in total. The standard InChI is InChI=1S/C12H2Br4O3/c13-5-1-3-7-4(12(18)19-11(3)17)2-6(14)10(16)8(7)9(5)15/h1-2H. The van der Waals surface area contributed by atoms with Crippen LogP contribution in [0, 0.1) is 0 Å². The van der Waals surface area contributed by atoms with E-state index in [0.29, 0.717) is 25.5 Å². The fraction of sp³-hybridized carbons (Fsp3) is 0. The van der Waals surface area contributed by atoms with Gasteiger partial charge in [0.1, 0.15) is 0 Å². The van der Waals surface area contributed by atoms with Crippen LogP contribution < -0.4 is 0 Å². The van der Waals surface area contributed by atoms with Gasteiger partial charge in [0.25, 0.3) is 0 Å². The molecule has 7 heteroatoms. The summed E-state index contributed by atoms with van der Waals surface area (Å²) in [7, 11) is 0. The Balaban J connectivity index is 2.66. The normalized spacial score (nSPS) is 13.9. The van der Waals surface area contributed by atoms with Crippen molar-refractivity contribution < 1.29 is 14.3 Å². The average molecular weight is 514 g/mol. The van der Waals surface area contributed by atoms with Gasteiger partial charge in [0.2, 0.25) is 0 Å². The smallest absolute Gasteiger partial charge is 0.346 e. The third kappa shape index (κ3) is 1.93. The molecule has 2 aromatic carbocycles. The van der Waals surface area contributed by atoms with E-state index in [4.69, 9.17) is 4.74 Å². The molecule has 0 fully saturated rings. The molecule has 0 spiro atoms. The van der Waals surface area contributed by atoms with Crippen molar-refractivity contribution in [3.63, 3.8) is 0 Å². The van der Waals surface area contributed by atoms with E-state index < -0.39 is 11.9 Å². The first-order valence-electron chi connectivity index (χ1n) is 4.98. The summed E-state index contributed by atoms with van der Waals surface area (Å²) >= 11 is 13.7. The quantitative estimate of drug-likeness (QED) is 0.359. The Hall–Kier alpha value is -0.240.